The van der Waals surface area contributed by atoms with E-state index < -0.39 is 0 Å². The number of nitrogens with zero attached hydrogens (tertiary/aromatic N) is 1. The Morgan fingerprint density at radius 3 is 1.66 bits per heavy atom. The van der Waals surface area contributed by atoms with Gasteiger partial charge < -0.3 is 16.0 Å². The molecule has 2 amide bonds. The van der Waals surface area contributed by atoms with Gasteiger partial charge in [0.15, 0.2) is 0 Å². The van der Waals surface area contributed by atoms with Crippen molar-refractivity contribution in [3.05, 3.63) is 102 Å². The van der Waals surface area contributed by atoms with Crippen LogP contribution in [0, 0.1) is 0 Å². The highest BCUT2D eigenvalue weighted by molar-refractivity contribution is 6.30. The van der Waals surface area contributed by atoms with Crippen LogP contribution in [-0.4, -0.2) is 11.0 Å². The third-order valence-electron chi connectivity index (χ3n) is 5.10. The first-order chi connectivity index (χ1) is 15.7. The van der Waals surface area contributed by atoms with Gasteiger partial charge in [-0.3, -0.25) is 0 Å². The van der Waals surface area contributed by atoms with Gasteiger partial charge in [0.2, 0.25) is 0 Å². The highest BCUT2D eigenvalue weighted by Gasteiger charge is 2.09. The van der Waals surface area contributed by atoms with Crippen LogP contribution in [-0.2, 0) is 0 Å². The first-order valence-electron chi connectivity index (χ1n) is 10.1. The molecular formula is C26H19ClN4O. The van der Waals surface area contributed by atoms with Crippen molar-refractivity contribution in [2.75, 3.05) is 16.0 Å². The van der Waals surface area contributed by atoms with E-state index in [0.717, 1.165) is 33.2 Å². The molecule has 0 aliphatic heterocycles. The molecule has 0 aliphatic carbocycles. The number of hydrogen-bond acceptors (Lipinski definition) is 3. The van der Waals surface area contributed by atoms with Crippen molar-refractivity contribution in [1.29, 1.82) is 0 Å². The van der Waals surface area contributed by atoms with Crippen molar-refractivity contribution in [2.45, 2.75) is 0 Å². The van der Waals surface area contributed by atoms with E-state index in [-0.39, 0.29) is 6.03 Å². The summed E-state index contributed by atoms with van der Waals surface area (Å²) in [5, 5.41) is 11.9. The maximum Gasteiger partial charge on any atom is 0.323 e. The number of rotatable bonds is 4. The van der Waals surface area contributed by atoms with Gasteiger partial charge in [-0.25, -0.2) is 9.78 Å². The lowest BCUT2D eigenvalue weighted by molar-refractivity contribution is 0.262. The molecule has 0 aliphatic rings. The van der Waals surface area contributed by atoms with Crippen LogP contribution >= 0.6 is 11.6 Å². The zero-order valence-corrected chi connectivity index (χ0v) is 17.7. The number of carbonyl (C=O) groups excluding carboxylic acids is 1. The summed E-state index contributed by atoms with van der Waals surface area (Å²) in [5.74, 6) is 0. The van der Waals surface area contributed by atoms with Crippen molar-refractivity contribution >= 4 is 62.2 Å². The summed E-state index contributed by atoms with van der Waals surface area (Å²) >= 11 is 5.88. The molecule has 156 valence electrons. The number of hydrogen-bond donors (Lipinski definition) is 3. The molecule has 0 saturated heterocycles. The minimum absolute atomic E-state index is 0.320. The van der Waals surface area contributed by atoms with Gasteiger partial charge >= 0.3 is 6.03 Å². The molecule has 0 spiro atoms. The van der Waals surface area contributed by atoms with Crippen LogP contribution in [0.2, 0.25) is 5.02 Å². The number of anilines is 4. The first-order valence-corrected chi connectivity index (χ1v) is 10.5. The molecule has 6 heteroatoms. The molecule has 5 nitrogen and oxygen atoms in total. The molecular weight excluding hydrogens is 420 g/mol. The van der Waals surface area contributed by atoms with Crippen molar-refractivity contribution in [2.24, 2.45) is 0 Å². The largest absolute Gasteiger partial charge is 0.354 e. The second kappa shape index (κ2) is 8.57. The fourth-order valence-electron chi connectivity index (χ4n) is 3.58. The van der Waals surface area contributed by atoms with Gasteiger partial charge in [0.25, 0.3) is 0 Å². The third-order valence-corrected chi connectivity index (χ3v) is 5.35. The number of benzene rings is 4. The molecule has 4 aromatic carbocycles. The summed E-state index contributed by atoms with van der Waals surface area (Å²) in [6.07, 6.45) is 0. The Hall–Kier alpha value is -4.09. The molecule has 5 rings (SSSR count). The van der Waals surface area contributed by atoms with Gasteiger partial charge in [0, 0.05) is 32.9 Å². The van der Waals surface area contributed by atoms with Crippen LogP contribution in [0.1, 0.15) is 0 Å². The van der Waals surface area contributed by atoms with Crippen LogP contribution in [0.15, 0.2) is 97.1 Å². The zero-order valence-electron chi connectivity index (χ0n) is 17.0. The van der Waals surface area contributed by atoms with Crippen LogP contribution < -0.4 is 16.0 Å². The van der Waals surface area contributed by atoms with Gasteiger partial charge in [0.05, 0.1) is 16.7 Å². The predicted molar refractivity (Wildman–Crippen MR) is 133 cm³/mol. The van der Waals surface area contributed by atoms with Crippen LogP contribution in [0.5, 0.6) is 0 Å². The zero-order chi connectivity index (χ0) is 21.9. The number of carbonyl (C=O) groups is 1. The Labute approximate surface area is 190 Å². The molecule has 0 radical (unpaired) electrons. The number of aromatic nitrogens is 1. The SMILES string of the molecule is O=C(Nc1ccc(Cl)cc1)Nc1ccc(Nc2c3ccccc3nc3ccccc23)cc1. The Morgan fingerprint density at radius 1 is 0.625 bits per heavy atom. The lowest BCUT2D eigenvalue weighted by Crippen LogP contribution is -2.19. The smallest absolute Gasteiger partial charge is 0.323 e. The standard InChI is InChI=1S/C26H19ClN4O/c27-17-9-11-19(12-10-17)29-26(32)30-20-15-13-18(14-16-20)28-25-21-5-1-3-7-23(21)31-24-8-4-2-6-22(24)25/h1-16H,(H,28,31)(H2,29,30,32). The highest BCUT2D eigenvalue weighted by atomic mass is 35.5. The number of amides is 2. The van der Waals surface area contributed by atoms with Gasteiger partial charge in [0.1, 0.15) is 0 Å². The number of halogens is 1. The van der Waals surface area contributed by atoms with E-state index in [2.05, 4.69) is 28.1 Å². The third kappa shape index (κ3) is 4.19. The molecule has 1 heterocycles. The Morgan fingerprint density at radius 2 is 1.09 bits per heavy atom. The van der Waals surface area contributed by atoms with Crippen LogP contribution in [0.4, 0.5) is 27.5 Å². The summed E-state index contributed by atoms with van der Waals surface area (Å²) in [7, 11) is 0. The summed E-state index contributed by atoms with van der Waals surface area (Å²) in [5.41, 5.74) is 5.15. The minimum atomic E-state index is -0.320. The van der Waals surface area contributed by atoms with Gasteiger partial charge in [-0.15, -0.1) is 0 Å². The van der Waals surface area contributed by atoms with E-state index in [4.69, 9.17) is 16.6 Å². The second-order valence-electron chi connectivity index (χ2n) is 7.31. The van der Waals surface area contributed by atoms with Crippen molar-refractivity contribution in [1.82, 2.24) is 4.98 Å². The highest BCUT2D eigenvalue weighted by Crippen LogP contribution is 2.33. The van der Waals surface area contributed by atoms with Crippen molar-refractivity contribution in [3.8, 4) is 0 Å². The molecule has 0 saturated carbocycles. The molecule has 0 unspecified atom stereocenters. The maximum absolute atomic E-state index is 12.3. The normalized spacial score (nSPS) is 10.8. The summed E-state index contributed by atoms with van der Waals surface area (Å²) in [6.45, 7) is 0. The summed E-state index contributed by atoms with van der Waals surface area (Å²) < 4.78 is 0. The monoisotopic (exact) mass is 438 g/mol. The predicted octanol–water partition coefficient (Wildman–Crippen LogP) is 7.43. The van der Waals surface area contributed by atoms with E-state index in [1.54, 1.807) is 24.3 Å². The van der Waals surface area contributed by atoms with E-state index in [0.29, 0.717) is 16.4 Å². The van der Waals surface area contributed by atoms with E-state index in [9.17, 15) is 4.79 Å². The van der Waals surface area contributed by atoms with Crippen molar-refractivity contribution in [3.63, 3.8) is 0 Å². The number of para-hydroxylation sites is 2. The summed E-state index contributed by atoms with van der Waals surface area (Å²) in [6, 6.07) is 30.4. The molecule has 5 aromatic rings. The lowest BCUT2D eigenvalue weighted by atomic mass is 10.1. The molecule has 32 heavy (non-hydrogen) atoms. The van der Waals surface area contributed by atoms with E-state index in [1.165, 1.54) is 0 Å². The average molecular weight is 439 g/mol. The number of fused-ring (bicyclic) bond motifs is 2. The topological polar surface area (TPSA) is 66.1 Å². The molecule has 0 fully saturated rings. The number of pyridine rings is 1. The van der Waals surface area contributed by atoms with Crippen molar-refractivity contribution < 1.29 is 4.79 Å². The fourth-order valence-corrected chi connectivity index (χ4v) is 3.71. The Balaban J connectivity index is 1.36. The average Bonchev–Trinajstić information content (AvgIpc) is 2.81. The van der Waals surface area contributed by atoms with E-state index in [1.807, 2.05) is 60.7 Å². The fraction of sp³-hybridized carbons (Fsp3) is 0. The lowest BCUT2D eigenvalue weighted by Gasteiger charge is -2.14. The second-order valence-corrected chi connectivity index (χ2v) is 7.75. The number of urea groups is 1. The van der Waals surface area contributed by atoms with Crippen LogP contribution in [0.3, 0.4) is 0 Å². The minimum Gasteiger partial charge on any atom is -0.354 e. The van der Waals surface area contributed by atoms with E-state index >= 15 is 0 Å². The van der Waals surface area contributed by atoms with Gasteiger partial charge in [-0.05, 0) is 60.7 Å². The maximum atomic E-state index is 12.3. The molecule has 3 N–H and O–H groups in total. The molecule has 1 aromatic heterocycles. The van der Waals surface area contributed by atoms with Gasteiger partial charge in [-0.2, -0.15) is 0 Å². The number of nitrogens with one attached hydrogen (secondary N) is 3. The quantitative estimate of drug-likeness (QED) is 0.255. The summed E-state index contributed by atoms with van der Waals surface area (Å²) in [4.78, 5) is 17.0. The first kappa shape index (κ1) is 19.8. The molecule has 0 atom stereocenters. The molecule has 0 bridgehead atoms. The Bertz CT molecular complexity index is 1360. The Kier molecular flexibility index (Phi) is 5.32. The van der Waals surface area contributed by atoms with Crippen LogP contribution in [0.25, 0.3) is 21.8 Å². The van der Waals surface area contributed by atoms with Gasteiger partial charge in [-0.1, -0.05) is 48.0 Å².